The van der Waals surface area contributed by atoms with Crippen LogP contribution in [0.2, 0.25) is 0 Å². The lowest BCUT2D eigenvalue weighted by atomic mass is 9.90. The van der Waals surface area contributed by atoms with Gasteiger partial charge in [-0.15, -0.1) is 0 Å². The molecule has 124 valence electrons. The van der Waals surface area contributed by atoms with Gasteiger partial charge in [0, 0.05) is 24.5 Å². The van der Waals surface area contributed by atoms with Gasteiger partial charge < -0.3 is 10.6 Å². The van der Waals surface area contributed by atoms with Gasteiger partial charge in [0.25, 0.3) is 0 Å². The maximum atomic E-state index is 13.2. The summed E-state index contributed by atoms with van der Waals surface area (Å²) in [5.74, 6) is -0.233. The van der Waals surface area contributed by atoms with Crippen molar-refractivity contribution in [2.75, 3.05) is 18.0 Å². The number of nitrogens with two attached hydrogens (primary N) is 1. The van der Waals surface area contributed by atoms with E-state index in [-0.39, 0.29) is 11.2 Å². The number of hydrogen-bond acceptors (Lipinski definition) is 3. The molecule has 2 N–H and O–H groups in total. The fourth-order valence-electron chi connectivity index (χ4n) is 3.19. The van der Waals surface area contributed by atoms with E-state index in [0.29, 0.717) is 6.04 Å². The number of benzene rings is 1. The molecule has 0 atom stereocenters. The Hall–Kier alpha value is -1.88. The third-order valence-electron chi connectivity index (χ3n) is 4.41. The normalized spacial score (nSPS) is 16.8. The molecule has 0 unspecified atom stereocenters. The summed E-state index contributed by atoms with van der Waals surface area (Å²) < 4.78 is 15.2. The molecule has 0 radical (unpaired) electrons. The Morgan fingerprint density at radius 2 is 1.74 bits per heavy atom. The zero-order chi connectivity index (χ0) is 16.6. The number of aromatic nitrogens is 2. The first-order valence-electron chi connectivity index (χ1n) is 8.21. The highest BCUT2D eigenvalue weighted by Gasteiger charge is 2.29. The summed E-state index contributed by atoms with van der Waals surface area (Å²) in [5.41, 5.74) is 9.16. The summed E-state index contributed by atoms with van der Waals surface area (Å²) in [6.45, 7) is 8.47. The van der Waals surface area contributed by atoms with Crippen LogP contribution in [0.5, 0.6) is 0 Å². The molecule has 1 aromatic heterocycles. The smallest absolute Gasteiger partial charge is 0.123 e. The van der Waals surface area contributed by atoms with Gasteiger partial charge in [-0.1, -0.05) is 20.8 Å². The number of rotatable bonds is 2. The van der Waals surface area contributed by atoms with E-state index in [1.165, 1.54) is 12.1 Å². The Kier molecular flexibility index (Phi) is 4.15. The van der Waals surface area contributed by atoms with Gasteiger partial charge in [0.15, 0.2) is 0 Å². The molecular weight excluding hydrogens is 291 g/mol. The summed E-state index contributed by atoms with van der Waals surface area (Å²) in [6.07, 6.45) is 3.94. The van der Waals surface area contributed by atoms with Gasteiger partial charge >= 0.3 is 0 Å². The van der Waals surface area contributed by atoms with E-state index in [2.05, 4.69) is 30.8 Å². The van der Waals surface area contributed by atoms with E-state index >= 15 is 0 Å². The topological polar surface area (TPSA) is 47.1 Å². The van der Waals surface area contributed by atoms with E-state index < -0.39 is 0 Å². The molecule has 2 heterocycles. The van der Waals surface area contributed by atoms with E-state index in [9.17, 15) is 4.39 Å². The highest BCUT2D eigenvalue weighted by atomic mass is 19.1. The van der Waals surface area contributed by atoms with Gasteiger partial charge in [0.05, 0.1) is 23.3 Å². The number of hydrogen-bond donors (Lipinski definition) is 1. The largest absolute Gasteiger partial charge is 0.369 e. The SMILES string of the molecule is CC(C)(C)c1c(N2CCC(N)CC2)cnn1-c1ccc(F)cc1. The molecule has 5 heteroatoms. The third-order valence-corrected chi connectivity index (χ3v) is 4.41. The van der Waals surface area contributed by atoms with Crippen LogP contribution in [0.4, 0.5) is 10.1 Å². The second kappa shape index (κ2) is 5.96. The van der Waals surface area contributed by atoms with E-state index in [0.717, 1.165) is 43.0 Å². The lowest BCUT2D eigenvalue weighted by Gasteiger charge is -2.34. The van der Waals surface area contributed by atoms with Crippen LogP contribution in [0.3, 0.4) is 0 Å². The predicted molar refractivity (Wildman–Crippen MR) is 91.6 cm³/mol. The maximum Gasteiger partial charge on any atom is 0.123 e. The molecule has 0 spiro atoms. The highest BCUT2D eigenvalue weighted by molar-refractivity contribution is 5.55. The molecule has 0 aliphatic carbocycles. The van der Waals surface area contributed by atoms with Crippen LogP contribution in [0, 0.1) is 5.82 Å². The van der Waals surface area contributed by atoms with Crippen molar-refractivity contribution in [3.05, 3.63) is 42.0 Å². The second-order valence-electron chi connectivity index (χ2n) is 7.34. The molecule has 1 fully saturated rings. The maximum absolute atomic E-state index is 13.2. The van der Waals surface area contributed by atoms with Crippen molar-refractivity contribution in [1.29, 1.82) is 0 Å². The van der Waals surface area contributed by atoms with Crippen LogP contribution in [-0.2, 0) is 5.41 Å². The Labute approximate surface area is 137 Å². The minimum atomic E-state index is -0.233. The molecule has 1 aliphatic rings. The molecule has 4 nitrogen and oxygen atoms in total. The van der Waals surface area contributed by atoms with E-state index in [1.54, 1.807) is 12.1 Å². The van der Waals surface area contributed by atoms with Gasteiger partial charge in [0.1, 0.15) is 5.82 Å². The fraction of sp³-hybridized carbons (Fsp3) is 0.500. The zero-order valence-corrected chi connectivity index (χ0v) is 14.1. The molecule has 0 amide bonds. The van der Waals surface area contributed by atoms with Crippen molar-refractivity contribution in [3.8, 4) is 5.69 Å². The lowest BCUT2D eigenvalue weighted by molar-refractivity contribution is 0.492. The van der Waals surface area contributed by atoms with Crippen molar-refractivity contribution in [1.82, 2.24) is 9.78 Å². The van der Waals surface area contributed by atoms with Crippen LogP contribution in [0.15, 0.2) is 30.5 Å². The van der Waals surface area contributed by atoms with Crippen LogP contribution in [0.25, 0.3) is 5.69 Å². The quantitative estimate of drug-likeness (QED) is 0.925. The molecule has 1 saturated heterocycles. The van der Waals surface area contributed by atoms with Gasteiger partial charge in [0.2, 0.25) is 0 Å². The Morgan fingerprint density at radius 1 is 1.13 bits per heavy atom. The molecular formula is C18H25FN4. The minimum Gasteiger partial charge on any atom is -0.369 e. The van der Waals surface area contributed by atoms with Crippen molar-refractivity contribution in [2.45, 2.75) is 45.1 Å². The van der Waals surface area contributed by atoms with Crippen LogP contribution < -0.4 is 10.6 Å². The average Bonchev–Trinajstić information content (AvgIpc) is 2.94. The molecule has 2 aromatic rings. The van der Waals surface area contributed by atoms with Crippen molar-refractivity contribution >= 4 is 5.69 Å². The Morgan fingerprint density at radius 3 is 2.30 bits per heavy atom. The Bertz CT molecular complexity index is 661. The standard InChI is InChI=1S/C18H25FN4/c1-18(2,3)17-16(22-10-8-14(20)9-11-22)12-21-23(17)15-6-4-13(19)5-7-15/h4-7,12,14H,8-11,20H2,1-3H3. The number of piperidine rings is 1. The molecule has 1 aromatic carbocycles. The average molecular weight is 316 g/mol. The van der Waals surface area contributed by atoms with E-state index in [1.807, 2.05) is 10.9 Å². The van der Waals surface area contributed by atoms with E-state index in [4.69, 9.17) is 5.73 Å². The minimum absolute atomic E-state index is 0.0697. The molecule has 3 rings (SSSR count). The molecule has 0 saturated carbocycles. The monoisotopic (exact) mass is 316 g/mol. The Balaban J connectivity index is 2.03. The van der Waals surface area contributed by atoms with Gasteiger partial charge in [-0.2, -0.15) is 5.10 Å². The van der Waals surface area contributed by atoms with Gasteiger partial charge in [-0.3, -0.25) is 0 Å². The lowest BCUT2D eigenvalue weighted by Crippen LogP contribution is -2.40. The first-order chi connectivity index (χ1) is 10.9. The molecule has 0 bridgehead atoms. The predicted octanol–water partition coefficient (Wildman–Crippen LogP) is 3.24. The summed E-state index contributed by atoms with van der Waals surface area (Å²) in [7, 11) is 0. The number of anilines is 1. The number of halogens is 1. The number of nitrogens with zero attached hydrogens (tertiary/aromatic N) is 3. The highest BCUT2D eigenvalue weighted by Crippen LogP contribution is 2.35. The molecule has 1 aliphatic heterocycles. The van der Waals surface area contributed by atoms with Crippen LogP contribution >= 0.6 is 0 Å². The van der Waals surface area contributed by atoms with Crippen molar-refractivity contribution < 1.29 is 4.39 Å². The van der Waals surface area contributed by atoms with Crippen molar-refractivity contribution in [2.24, 2.45) is 5.73 Å². The zero-order valence-electron chi connectivity index (χ0n) is 14.1. The first-order valence-corrected chi connectivity index (χ1v) is 8.21. The van der Waals surface area contributed by atoms with Crippen LogP contribution in [-0.4, -0.2) is 28.9 Å². The van der Waals surface area contributed by atoms with Crippen molar-refractivity contribution in [3.63, 3.8) is 0 Å². The molecule has 23 heavy (non-hydrogen) atoms. The van der Waals surface area contributed by atoms with Gasteiger partial charge in [-0.05, 0) is 37.1 Å². The first kappa shape index (κ1) is 16.0. The second-order valence-corrected chi connectivity index (χ2v) is 7.34. The summed E-state index contributed by atoms with van der Waals surface area (Å²) in [4.78, 5) is 2.37. The third kappa shape index (κ3) is 3.24. The fourth-order valence-corrected chi connectivity index (χ4v) is 3.19. The summed E-state index contributed by atoms with van der Waals surface area (Å²) >= 11 is 0. The summed E-state index contributed by atoms with van der Waals surface area (Å²) in [6, 6.07) is 6.80. The van der Waals surface area contributed by atoms with Crippen LogP contribution in [0.1, 0.15) is 39.3 Å². The summed E-state index contributed by atoms with van der Waals surface area (Å²) in [5, 5.41) is 4.60. The van der Waals surface area contributed by atoms with Gasteiger partial charge in [-0.25, -0.2) is 9.07 Å².